The molecular weight excluding hydrogens is 801 g/mol. The Kier molecular flexibility index (Phi) is 8.96. The summed E-state index contributed by atoms with van der Waals surface area (Å²) in [5.41, 5.74) is 16.9. The van der Waals surface area contributed by atoms with E-state index in [9.17, 15) is 0 Å². The molecule has 0 radical (unpaired) electrons. The van der Waals surface area contributed by atoms with E-state index >= 15 is 0 Å². The van der Waals surface area contributed by atoms with Gasteiger partial charge in [0.1, 0.15) is 11.2 Å². The van der Waals surface area contributed by atoms with Crippen LogP contribution in [0.3, 0.4) is 0 Å². The molecule has 3 atom stereocenters. The molecule has 7 aromatic carbocycles. The number of nitrogens with zero attached hydrogens (tertiary/aromatic N) is 2. The molecule has 0 N–H and O–H groups in total. The Hall–Kier alpha value is -7.62. The minimum Gasteiger partial charge on any atom is -0.456 e. The average Bonchev–Trinajstić information content (AvgIpc) is 3.93. The van der Waals surface area contributed by atoms with Crippen LogP contribution in [0.25, 0.3) is 44.6 Å². The molecule has 3 heteroatoms. The van der Waals surface area contributed by atoms with E-state index in [4.69, 9.17) is 4.42 Å². The van der Waals surface area contributed by atoms with Crippen molar-refractivity contribution in [3.05, 3.63) is 269 Å². The fraction of sp³-hybridized carbons (Fsp3) is 0.143. The van der Waals surface area contributed by atoms with Crippen molar-refractivity contribution in [1.29, 1.82) is 0 Å². The van der Waals surface area contributed by atoms with Gasteiger partial charge in [0.05, 0.1) is 16.5 Å². The lowest BCUT2D eigenvalue weighted by atomic mass is 9.63. The van der Waals surface area contributed by atoms with Crippen LogP contribution in [-0.4, -0.2) is 10.1 Å². The molecule has 0 fully saturated rings. The van der Waals surface area contributed by atoms with E-state index in [0.717, 1.165) is 53.3 Å². The maximum absolute atomic E-state index is 6.62. The zero-order chi connectivity index (χ0) is 43.8. The summed E-state index contributed by atoms with van der Waals surface area (Å²) in [7, 11) is 0. The van der Waals surface area contributed by atoms with Crippen LogP contribution in [0, 0.1) is 5.92 Å². The molecule has 3 nitrogen and oxygen atoms in total. The first-order valence-electron chi connectivity index (χ1n) is 23.7. The second kappa shape index (κ2) is 15.2. The van der Waals surface area contributed by atoms with Gasteiger partial charge in [0, 0.05) is 56.8 Å². The first-order chi connectivity index (χ1) is 32.6. The van der Waals surface area contributed by atoms with Crippen molar-refractivity contribution in [2.24, 2.45) is 5.92 Å². The highest BCUT2D eigenvalue weighted by Gasteiger charge is 2.53. The Morgan fingerprint density at radius 2 is 1.32 bits per heavy atom. The van der Waals surface area contributed by atoms with Crippen LogP contribution in [-0.2, 0) is 11.8 Å². The lowest BCUT2D eigenvalue weighted by Gasteiger charge is -2.47. The fourth-order valence-electron chi connectivity index (χ4n) is 12.4. The van der Waals surface area contributed by atoms with Crippen molar-refractivity contribution in [2.45, 2.75) is 49.5 Å². The molecule has 0 bridgehead atoms. The van der Waals surface area contributed by atoms with Crippen LogP contribution in [0.4, 0.5) is 5.69 Å². The Morgan fingerprint density at radius 3 is 2.12 bits per heavy atom. The van der Waals surface area contributed by atoms with Gasteiger partial charge in [0.25, 0.3) is 0 Å². The summed E-state index contributed by atoms with van der Waals surface area (Å²) < 4.78 is 9.06. The van der Waals surface area contributed by atoms with Crippen molar-refractivity contribution in [1.82, 2.24) is 4.57 Å². The van der Waals surface area contributed by atoms with E-state index in [0.29, 0.717) is 5.92 Å². The number of hydrogen-bond acceptors (Lipinski definition) is 2. The van der Waals surface area contributed by atoms with Crippen molar-refractivity contribution in [2.75, 3.05) is 4.90 Å². The Balaban J connectivity index is 0.966. The van der Waals surface area contributed by atoms with Crippen LogP contribution >= 0.6 is 0 Å². The number of rotatable bonds is 7. The minimum absolute atomic E-state index is 0.288. The van der Waals surface area contributed by atoms with Gasteiger partial charge in [-0.25, -0.2) is 0 Å². The lowest BCUT2D eigenvalue weighted by Crippen LogP contribution is -2.47. The monoisotopic (exact) mass is 850 g/mol. The molecule has 0 saturated carbocycles. The Bertz CT molecular complexity index is 3470. The molecule has 13 rings (SSSR count). The zero-order valence-electron chi connectivity index (χ0n) is 37.1. The number of allylic oxidation sites excluding steroid dienone is 7. The summed E-state index contributed by atoms with van der Waals surface area (Å²) in [4.78, 5) is 2.63. The zero-order valence-corrected chi connectivity index (χ0v) is 37.1. The van der Waals surface area contributed by atoms with Crippen LogP contribution < -0.4 is 4.90 Å². The molecule has 0 aliphatic heterocycles. The highest BCUT2D eigenvalue weighted by Crippen LogP contribution is 2.61. The van der Waals surface area contributed by atoms with Crippen molar-refractivity contribution >= 4 is 44.6 Å². The fourth-order valence-corrected chi connectivity index (χ4v) is 12.4. The summed E-state index contributed by atoms with van der Waals surface area (Å²) in [5, 5.41) is 3.63. The van der Waals surface area contributed by atoms with Crippen molar-refractivity contribution in [3.63, 3.8) is 0 Å². The predicted molar refractivity (Wildman–Crippen MR) is 273 cm³/mol. The molecule has 4 aliphatic rings. The van der Waals surface area contributed by atoms with Gasteiger partial charge in [-0.2, -0.15) is 0 Å². The van der Waals surface area contributed by atoms with Crippen LogP contribution in [0.5, 0.6) is 0 Å². The highest BCUT2D eigenvalue weighted by atomic mass is 16.3. The van der Waals surface area contributed by atoms with Gasteiger partial charge in [-0.1, -0.05) is 169 Å². The minimum atomic E-state index is -0.434. The van der Waals surface area contributed by atoms with Gasteiger partial charge in [0.2, 0.25) is 0 Å². The van der Waals surface area contributed by atoms with Crippen LogP contribution in [0.2, 0.25) is 0 Å². The van der Waals surface area contributed by atoms with Crippen LogP contribution in [0.15, 0.2) is 240 Å². The maximum atomic E-state index is 6.62. The first-order valence-corrected chi connectivity index (χ1v) is 23.7. The number of hydrogen-bond donors (Lipinski definition) is 0. The van der Waals surface area contributed by atoms with Gasteiger partial charge in [-0.3, -0.25) is 0 Å². The first kappa shape index (κ1) is 38.8. The predicted octanol–water partition coefficient (Wildman–Crippen LogP) is 15.6. The molecule has 3 unspecified atom stereocenters. The summed E-state index contributed by atoms with van der Waals surface area (Å²) in [6, 6.07) is 66.8. The molecule has 9 aromatic rings. The Morgan fingerprint density at radius 1 is 0.636 bits per heavy atom. The maximum Gasteiger partial charge on any atom is 0.137 e. The molecule has 66 heavy (non-hydrogen) atoms. The average molecular weight is 851 g/mol. The van der Waals surface area contributed by atoms with Crippen molar-refractivity contribution < 1.29 is 4.42 Å². The van der Waals surface area contributed by atoms with E-state index in [2.05, 4.69) is 241 Å². The second-order valence-corrected chi connectivity index (χ2v) is 18.9. The third kappa shape index (κ3) is 5.89. The van der Waals surface area contributed by atoms with E-state index in [1.807, 2.05) is 0 Å². The number of aromatic nitrogens is 1. The molecule has 318 valence electrons. The number of furan rings is 1. The third-order valence-corrected chi connectivity index (χ3v) is 15.3. The summed E-state index contributed by atoms with van der Waals surface area (Å²) >= 11 is 0. The summed E-state index contributed by atoms with van der Waals surface area (Å²) in [6.45, 7) is 2.47. The highest BCUT2D eigenvalue weighted by molar-refractivity contribution is 6.05. The molecule has 2 aromatic heterocycles. The summed E-state index contributed by atoms with van der Waals surface area (Å²) in [6.07, 6.45) is 21.0. The quantitative estimate of drug-likeness (QED) is 0.149. The normalized spacial score (nSPS) is 20.6. The smallest absolute Gasteiger partial charge is 0.137 e. The van der Waals surface area contributed by atoms with Crippen molar-refractivity contribution in [3.8, 4) is 5.69 Å². The third-order valence-electron chi connectivity index (χ3n) is 15.3. The number of benzene rings is 7. The number of fused-ring (bicyclic) bond motifs is 9. The molecular formula is C63H50N2O. The molecule has 0 spiro atoms. The van der Waals surface area contributed by atoms with E-state index < -0.39 is 11.0 Å². The topological polar surface area (TPSA) is 21.3 Å². The summed E-state index contributed by atoms with van der Waals surface area (Å²) in [5.74, 6) is 0.589. The molecule has 2 heterocycles. The SMILES string of the molecule is CC1(N(C2=CC=C(C3C=Cc4c(c5ccccc5n4-c4ccccc4)C3)CC=C2)c2ccc3c(c2)oc2ccccc23)C=C2C(CC1)c1ccccc1C2(c1ccccc1)c1ccccc1. The lowest BCUT2D eigenvalue weighted by molar-refractivity contribution is 0.433. The standard InChI is InChI=1S/C63H50N2O/c1-62(39-38-51-50-26-11-14-29-56(50)63(57(51)42-62,45-19-5-2-6-20-45)46-21-7-3-8-22-46)65(49-35-36-54-53-28-13-16-31-60(53)66-61(54)41-49)48-25-17-18-43(32-34-48)44-33-37-59-55(40-44)52-27-12-15-30-58(52)64(59)47-23-9-4-10-24-47/h2-17,19-37,41-42,44,51H,18,38-40H2,1H3. The van der Waals surface area contributed by atoms with E-state index in [1.54, 1.807) is 0 Å². The largest absolute Gasteiger partial charge is 0.456 e. The van der Waals surface area contributed by atoms with Gasteiger partial charge in [0.15, 0.2) is 0 Å². The molecule has 0 amide bonds. The van der Waals surface area contributed by atoms with E-state index in [1.165, 1.54) is 66.9 Å². The molecule has 0 saturated heterocycles. The van der Waals surface area contributed by atoms with Gasteiger partial charge >= 0.3 is 0 Å². The Labute approximate surface area is 386 Å². The molecule has 4 aliphatic carbocycles. The van der Waals surface area contributed by atoms with Gasteiger partial charge < -0.3 is 13.9 Å². The number of anilines is 1. The van der Waals surface area contributed by atoms with Crippen LogP contribution in [0.1, 0.15) is 65.6 Å². The van der Waals surface area contributed by atoms with Gasteiger partial charge in [-0.15, -0.1) is 0 Å². The van der Waals surface area contributed by atoms with Gasteiger partial charge in [-0.05, 0) is 121 Å². The number of para-hydroxylation sites is 3. The van der Waals surface area contributed by atoms with E-state index in [-0.39, 0.29) is 5.92 Å². The second-order valence-electron chi connectivity index (χ2n) is 18.9.